The van der Waals surface area contributed by atoms with Crippen LogP contribution in [0.4, 0.5) is 4.39 Å². The van der Waals surface area contributed by atoms with Crippen molar-refractivity contribution in [3.63, 3.8) is 0 Å². The van der Waals surface area contributed by atoms with E-state index in [0.717, 1.165) is 12.0 Å². The highest BCUT2D eigenvalue weighted by molar-refractivity contribution is 7.84. The molecule has 1 atom stereocenters. The lowest BCUT2D eigenvalue weighted by molar-refractivity contribution is 0.318. The summed E-state index contributed by atoms with van der Waals surface area (Å²) >= 11 is 0. The molecule has 0 aliphatic carbocycles. The minimum atomic E-state index is -0.873. The van der Waals surface area contributed by atoms with Gasteiger partial charge >= 0.3 is 0 Å². The second kappa shape index (κ2) is 7.80. The number of halogens is 1. The summed E-state index contributed by atoms with van der Waals surface area (Å²) in [7, 11) is -0.873. The van der Waals surface area contributed by atoms with Crippen LogP contribution in [-0.4, -0.2) is 16.6 Å². The number of rotatable bonds is 7. The molecule has 2 aromatic carbocycles. The third-order valence-corrected chi connectivity index (χ3v) is 4.17. The van der Waals surface area contributed by atoms with Gasteiger partial charge in [0.05, 0.1) is 6.61 Å². The Morgan fingerprint density at radius 3 is 2.40 bits per heavy atom. The van der Waals surface area contributed by atoms with Crippen molar-refractivity contribution in [2.75, 3.05) is 12.4 Å². The maximum absolute atomic E-state index is 12.7. The number of hydrogen-bond acceptors (Lipinski definition) is 2. The van der Waals surface area contributed by atoms with Crippen molar-refractivity contribution < 1.29 is 13.3 Å². The van der Waals surface area contributed by atoms with Gasteiger partial charge in [-0.1, -0.05) is 30.3 Å². The van der Waals surface area contributed by atoms with Crippen molar-refractivity contribution in [1.29, 1.82) is 0 Å². The second-order valence-corrected chi connectivity index (χ2v) is 6.01. The zero-order valence-electron chi connectivity index (χ0n) is 11.1. The molecule has 2 rings (SSSR count). The molecule has 0 aliphatic rings. The molecule has 0 aliphatic heterocycles. The van der Waals surface area contributed by atoms with Crippen molar-refractivity contribution in [3.05, 3.63) is 66.0 Å². The van der Waals surface area contributed by atoms with E-state index < -0.39 is 10.8 Å². The first-order chi connectivity index (χ1) is 9.74. The third kappa shape index (κ3) is 5.13. The fourth-order valence-corrected chi connectivity index (χ4v) is 2.92. The number of benzene rings is 2. The van der Waals surface area contributed by atoms with Crippen LogP contribution >= 0.6 is 0 Å². The van der Waals surface area contributed by atoms with E-state index in [9.17, 15) is 8.60 Å². The molecule has 0 radical (unpaired) electrons. The molecular formula is C16H17FO2S. The van der Waals surface area contributed by atoms with Crippen LogP contribution in [0, 0.1) is 5.82 Å². The van der Waals surface area contributed by atoms with Gasteiger partial charge in [0.1, 0.15) is 11.6 Å². The highest BCUT2D eigenvalue weighted by atomic mass is 32.2. The summed E-state index contributed by atoms with van der Waals surface area (Å²) in [6.07, 6.45) is 0.719. The first-order valence-corrected chi connectivity index (χ1v) is 8.00. The van der Waals surface area contributed by atoms with Crippen molar-refractivity contribution in [3.8, 4) is 5.75 Å². The van der Waals surface area contributed by atoms with Crippen molar-refractivity contribution in [1.82, 2.24) is 0 Å². The number of hydrogen-bond donors (Lipinski definition) is 0. The molecule has 4 heteroatoms. The van der Waals surface area contributed by atoms with Gasteiger partial charge in [-0.05, 0) is 36.2 Å². The van der Waals surface area contributed by atoms with E-state index in [4.69, 9.17) is 4.74 Å². The molecule has 2 aromatic rings. The van der Waals surface area contributed by atoms with Crippen molar-refractivity contribution in [2.45, 2.75) is 12.2 Å². The first kappa shape index (κ1) is 14.7. The molecule has 0 amide bonds. The molecule has 0 unspecified atom stereocenters. The van der Waals surface area contributed by atoms with Gasteiger partial charge in [0.15, 0.2) is 0 Å². The highest BCUT2D eigenvalue weighted by Crippen LogP contribution is 2.11. The minimum Gasteiger partial charge on any atom is -0.494 e. The Morgan fingerprint density at radius 1 is 1.00 bits per heavy atom. The van der Waals surface area contributed by atoms with Crippen molar-refractivity contribution in [2.24, 2.45) is 0 Å². The third-order valence-electron chi connectivity index (χ3n) is 2.77. The fraction of sp³-hybridized carbons (Fsp3) is 0.250. The van der Waals surface area contributed by atoms with E-state index in [2.05, 4.69) is 0 Å². The Kier molecular flexibility index (Phi) is 5.74. The molecule has 0 N–H and O–H groups in total. The lowest BCUT2D eigenvalue weighted by Crippen LogP contribution is -2.06. The van der Waals surface area contributed by atoms with E-state index >= 15 is 0 Å². The fourth-order valence-electron chi connectivity index (χ4n) is 1.77. The van der Waals surface area contributed by atoms with Crippen LogP contribution in [0.15, 0.2) is 54.6 Å². The topological polar surface area (TPSA) is 26.3 Å². The van der Waals surface area contributed by atoms with E-state index in [1.54, 1.807) is 12.1 Å². The smallest absolute Gasteiger partial charge is 0.123 e. The molecule has 0 bridgehead atoms. The van der Waals surface area contributed by atoms with Crippen LogP contribution in [0.5, 0.6) is 5.75 Å². The molecular weight excluding hydrogens is 275 g/mol. The predicted octanol–water partition coefficient (Wildman–Crippen LogP) is 3.54. The summed E-state index contributed by atoms with van der Waals surface area (Å²) in [6, 6.07) is 15.7. The van der Waals surface area contributed by atoms with Crippen LogP contribution in [0.2, 0.25) is 0 Å². The van der Waals surface area contributed by atoms with E-state index in [-0.39, 0.29) is 5.82 Å². The molecule has 2 nitrogen and oxygen atoms in total. The summed E-state index contributed by atoms with van der Waals surface area (Å²) in [5, 5.41) is 0. The molecule has 0 fully saturated rings. The average Bonchev–Trinajstić information content (AvgIpc) is 2.46. The van der Waals surface area contributed by atoms with E-state index in [0.29, 0.717) is 23.9 Å². The summed E-state index contributed by atoms with van der Waals surface area (Å²) in [4.78, 5) is 0. The zero-order chi connectivity index (χ0) is 14.2. The molecule has 0 spiro atoms. The Morgan fingerprint density at radius 2 is 1.70 bits per heavy atom. The molecule has 0 saturated heterocycles. The van der Waals surface area contributed by atoms with Gasteiger partial charge in [-0.25, -0.2) is 4.39 Å². The number of ether oxygens (including phenoxy) is 1. The summed E-state index contributed by atoms with van der Waals surface area (Å²) in [5.74, 6) is 1.55. The van der Waals surface area contributed by atoms with Gasteiger partial charge in [-0.3, -0.25) is 4.21 Å². The summed E-state index contributed by atoms with van der Waals surface area (Å²) in [5.41, 5.74) is 1.09. The monoisotopic (exact) mass is 292 g/mol. The SMILES string of the molecule is O=[S@@](CCCOc1ccc(F)cc1)Cc1ccccc1. The molecule has 106 valence electrons. The maximum atomic E-state index is 12.7. The maximum Gasteiger partial charge on any atom is 0.123 e. The van der Waals surface area contributed by atoms with Gasteiger partial charge < -0.3 is 4.74 Å². The predicted molar refractivity (Wildman–Crippen MR) is 79.7 cm³/mol. The van der Waals surface area contributed by atoms with Crippen molar-refractivity contribution >= 4 is 10.8 Å². The van der Waals surface area contributed by atoms with Gasteiger partial charge in [-0.15, -0.1) is 0 Å². The Hall–Kier alpha value is -1.68. The van der Waals surface area contributed by atoms with Crippen LogP contribution in [-0.2, 0) is 16.6 Å². The van der Waals surface area contributed by atoms with Gasteiger partial charge in [-0.2, -0.15) is 0 Å². The van der Waals surface area contributed by atoms with Gasteiger partial charge in [0.2, 0.25) is 0 Å². The van der Waals surface area contributed by atoms with E-state index in [1.165, 1.54) is 12.1 Å². The lowest BCUT2D eigenvalue weighted by Gasteiger charge is -2.06. The Labute approximate surface area is 121 Å². The standard InChI is InChI=1S/C16H17FO2S/c17-15-7-9-16(10-8-15)19-11-4-12-20(18)13-14-5-2-1-3-6-14/h1-3,5-10H,4,11-13H2/t20-/m0/s1. The average molecular weight is 292 g/mol. The summed E-state index contributed by atoms with van der Waals surface area (Å²) < 4.78 is 30.0. The Balaban J connectivity index is 1.66. The van der Waals surface area contributed by atoms with Crippen LogP contribution in [0.3, 0.4) is 0 Å². The normalized spacial score (nSPS) is 12.1. The second-order valence-electron chi connectivity index (χ2n) is 4.43. The molecule has 0 saturated carbocycles. The van der Waals surface area contributed by atoms with Gasteiger partial charge in [0, 0.05) is 22.3 Å². The lowest BCUT2D eigenvalue weighted by atomic mass is 10.2. The summed E-state index contributed by atoms with van der Waals surface area (Å²) in [6.45, 7) is 0.492. The quantitative estimate of drug-likeness (QED) is 0.730. The van der Waals surface area contributed by atoms with Gasteiger partial charge in [0.25, 0.3) is 0 Å². The largest absolute Gasteiger partial charge is 0.494 e. The van der Waals surface area contributed by atoms with Crippen LogP contribution in [0.25, 0.3) is 0 Å². The molecule has 20 heavy (non-hydrogen) atoms. The zero-order valence-corrected chi connectivity index (χ0v) is 11.9. The first-order valence-electron chi connectivity index (χ1n) is 6.51. The molecule has 0 aromatic heterocycles. The molecule has 0 heterocycles. The van der Waals surface area contributed by atoms with Crippen LogP contribution < -0.4 is 4.74 Å². The highest BCUT2D eigenvalue weighted by Gasteiger charge is 2.02. The Bertz CT molecular complexity index is 540. The van der Waals surface area contributed by atoms with Crippen LogP contribution in [0.1, 0.15) is 12.0 Å². The van der Waals surface area contributed by atoms with E-state index in [1.807, 2.05) is 30.3 Å². The minimum absolute atomic E-state index is 0.277.